The van der Waals surface area contributed by atoms with Gasteiger partial charge in [0.05, 0.1) is 0 Å². The Bertz CT molecular complexity index is 617. The largest absolute Gasteiger partial charge is 0.508 e. The van der Waals surface area contributed by atoms with Crippen LogP contribution in [0.2, 0.25) is 5.15 Å². The third-order valence-corrected chi connectivity index (χ3v) is 2.65. The molecule has 1 aromatic heterocycles. The van der Waals surface area contributed by atoms with Crippen molar-refractivity contribution in [1.82, 2.24) is 4.98 Å². The number of halogens is 1. The molecule has 19 heavy (non-hydrogen) atoms. The van der Waals surface area contributed by atoms with Crippen molar-refractivity contribution in [2.75, 3.05) is 10.6 Å². The van der Waals surface area contributed by atoms with Crippen molar-refractivity contribution in [3.63, 3.8) is 0 Å². The van der Waals surface area contributed by atoms with E-state index in [9.17, 15) is 9.90 Å². The second-order valence-corrected chi connectivity index (χ2v) is 4.33. The number of nitrogens with zero attached hydrogens (tertiary/aromatic N) is 1. The molecule has 1 heterocycles. The van der Waals surface area contributed by atoms with Gasteiger partial charge in [-0.25, -0.2) is 9.78 Å². The molecule has 2 aromatic rings. The van der Waals surface area contributed by atoms with E-state index in [2.05, 4.69) is 15.6 Å². The fourth-order valence-corrected chi connectivity index (χ4v) is 1.68. The Balaban J connectivity index is 2.03. The lowest BCUT2D eigenvalue weighted by Crippen LogP contribution is -2.19. The first-order valence-electron chi connectivity index (χ1n) is 5.54. The van der Waals surface area contributed by atoms with Crippen molar-refractivity contribution in [1.29, 1.82) is 0 Å². The van der Waals surface area contributed by atoms with Crippen LogP contribution >= 0.6 is 11.6 Å². The maximum absolute atomic E-state index is 11.7. The number of aromatic hydroxyl groups is 1. The van der Waals surface area contributed by atoms with E-state index in [0.29, 0.717) is 22.1 Å². The molecular formula is C13H12ClN3O2. The second kappa shape index (κ2) is 5.58. The van der Waals surface area contributed by atoms with Crippen molar-refractivity contribution >= 4 is 29.0 Å². The quantitative estimate of drug-likeness (QED) is 0.582. The molecule has 6 heteroatoms. The summed E-state index contributed by atoms with van der Waals surface area (Å²) in [6, 6.07) is 7.59. The predicted molar refractivity (Wildman–Crippen MR) is 74.7 cm³/mol. The van der Waals surface area contributed by atoms with Gasteiger partial charge in [0.2, 0.25) is 0 Å². The van der Waals surface area contributed by atoms with Crippen LogP contribution in [0.3, 0.4) is 0 Å². The number of benzene rings is 1. The highest BCUT2D eigenvalue weighted by Gasteiger charge is 2.04. The highest BCUT2D eigenvalue weighted by Crippen LogP contribution is 2.20. The standard InChI is InChI=1S/C13H12ClN3O2/c1-8-6-9(2-3-11(8)18)16-13(19)17-10-4-5-15-12(14)7-10/h2-7,18H,1H3,(H2,15,16,17,19). The van der Waals surface area contributed by atoms with E-state index in [1.807, 2.05) is 0 Å². The molecule has 0 fully saturated rings. The Morgan fingerprint density at radius 3 is 2.53 bits per heavy atom. The van der Waals surface area contributed by atoms with Gasteiger partial charge in [0.15, 0.2) is 0 Å². The molecule has 0 aliphatic rings. The van der Waals surface area contributed by atoms with Gasteiger partial charge in [-0.15, -0.1) is 0 Å². The fourth-order valence-electron chi connectivity index (χ4n) is 1.51. The summed E-state index contributed by atoms with van der Waals surface area (Å²) in [5.74, 6) is 0.187. The van der Waals surface area contributed by atoms with Gasteiger partial charge in [-0.1, -0.05) is 11.6 Å². The molecule has 3 N–H and O–H groups in total. The van der Waals surface area contributed by atoms with Crippen LogP contribution in [0.15, 0.2) is 36.5 Å². The van der Waals surface area contributed by atoms with Gasteiger partial charge in [-0.2, -0.15) is 0 Å². The minimum Gasteiger partial charge on any atom is -0.508 e. The summed E-state index contributed by atoms with van der Waals surface area (Å²) < 4.78 is 0. The van der Waals surface area contributed by atoms with Crippen molar-refractivity contribution in [2.24, 2.45) is 0 Å². The first-order chi connectivity index (χ1) is 9.04. The Kier molecular flexibility index (Phi) is 3.87. The molecule has 1 aromatic carbocycles. The van der Waals surface area contributed by atoms with E-state index in [4.69, 9.17) is 11.6 Å². The number of hydrogen-bond acceptors (Lipinski definition) is 3. The van der Waals surface area contributed by atoms with Gasteiger partial charge in [0.1, 0.15) is 10.9 Å². The summed E-state index contributed by atoms with van der Waals surface area (Å²) in [5.41, 5.74) is 1.82. The zero-order chi connectivity index (χ0) is 13.8. The van der Waals surface area contributed by atoms with E-state index in [1.165, 1.54) is 12.3 Å². The predicted octanol–water partition coefficient (Wildman–Crippen LogP) is 3.39. The van der Waals surface area contributed by atoms with Gasteiger partial charge in [-0.05, 0) is 42.8 Å². The minimum absolute atomic E-state index is 0.187. The van der Waals surface area contributed by atoms with Gasteiger partial charge in [0.25, 0.3) is 0 Å². The van der Waals surface area contributed by atoms with E-state index < -0.39 is 6.03 Å². The van der Waals surface area contributed by atoms with E-state index in [1.54, 1.807) is 31.2 Å². The number of hydrogen-bond donors (Lipinski definition) is 3. The Hall–Kier alpha value is -2.27. The summed E-state index contributed by atoms with van der Waals surface area (Å²) in [5, 5.41) is 15.0. The molecule has 2 rings (SSSR count). The molecule has 0 aliphatic heterocycles. The van der Waals surface area contributed by atoms with Crippen LogP contribution in [0.25, 0.3) is 0 Å². The molecular weight excluding hydrogens is 266 g/mol. The number of aromatic nitrogens is 1. The number of phenols is 1. The van der Waals surface area contributed by atoms with E-state index in [-0.39, 0.29) is 5.75 Å². The molecule has 98 valence electrons. The Morgan fingerprint density at radius 2 is 1.89 bits per heavy atom. The van der Waals surface area contributed by atoms with Crippen LogP contribution in [0, 0.1) is 6.92 Å². The van der Waals surface area contributed by atoms with Crippen molar-refractivity contribution < 1.29 is 9.90 Å². The molecule has 0 atom stereocenters. The zero-order valence-corrected chi connectivity index (χ0v) is 10.9. The normalized spacial score (nSPS) is 10.0. The Labute approximate surface area is 115 Å². The Morgan fingerprint density at radius 1 is 1.21 bits per heavy atom. The number of carbonyl (C=O) groups is 1. The number of anilines is 2. The van der Waals surface area contributed by atoms with Gasteiger partial charge >= 0.3 is 6.03 Å². The number of pyridine rings is 1. The first-order valence-corrected chi connectivity index (χ1v) is 5.91. The van der Waals surface area contributed by atoms with Gasteiger partial charge in [-0.3, -0.25) is 0 Å². The van der Waals surface area contributed by atoms with Crippen LogP contribution in [0.4, 0.5) is 16.2 Å². The number of rotatable bonds is 2. The lowest BCUT2D eigenvalue weighted by Gasteiger charge is -2.08. The maximum Gasteiger partial charge on any atom is 0.323 e. The summed E-state index contributed by atoms with van der Waals surface area (Å²) in [4.78, 5) is 15.6. The summed E-state index contributed by atoms with van der Waals surface area (Å²) in [7, 11) is 0. The monoisotopic (exact) mass is 277 g/mol. The number of nitrogens with one attached hydrogen (secondary N) is 2. The molecule has 0 unspecified atom stereocenters. The third kappa shape index (κ3) is 3.59. The molecule has 0 aliphatic carbocycles. The number of carbonyl (C=O) groups excluding carboxylic acids is 1. The van der Waals surface area contributed by atoms with Crippen LogP contribution in [-0.2, 0) is 0 Å². The summed E-state index contributed by atoms with van der Waals surface area (Å²) in [6.45, 7) is 1.75. The molecule has 0 spiro atoms. The van der Waals surface area contributed by atoms with Crippen LogP contribution in [0.5, 0.6) is 5.75 Å². The average molecular weight is 278 g/mol. The lowest BCUT2D eigenvalue weighted by molar-refractivity contribution is 0.262. The number of amides is 2. The maximum atomic E-state index is 11.7. The lowest BCUT2D eigenvalue weighted by atomic mass is 10.2. The molecule has 0 saturated heterocycles. The van der Waals surface area contributed by atoms with Gasteiger partial charge < -0.3 is 15.7 Å². The van der Waals surface area contributed by atoms with Crippen molar-refractivity contribution in [2.45, 2.75) is 6.92 Å². The van der Waals surface area contributed by atoms with E-state index >= 15 is 0 Å². The molecule has 0 bridgehead atoms. The van der Waals surface area contributed by atoms with Gasteiger partial charge in [0, 0.05) is 17.6 Å². The van der Waals surface area contributed by atoms with Crippen molar-refractivity contribution in [3.05, 3.63) is 47.2 Å². The molecule has 2 amide bonds. The van der Waals surface area contributed by atoms with E-state index in [0.717, 1.165) is 0 Å². The summed E-state index contributed by atoms with van der Waals surface area (Å²) in [6.07, 6.45) is 1.50. The molecule has 5 nitrogen and oxygen atoms in total. The second-order valence-electron chi connectivity index (χ2n) is 3.95. The minimum atomic E-state index is -0.396. The fraction of sp³-hybridized carbons (Fsp3) is 0.0769. The average Bonchev–Trinajstić information content (AvgIpc) is 2.34. The topological polar surface area (TPSA) is 74.2 Å². The zero-order valence-electron chi connectivity index (χ0n) is 10.1. The molecule has 0 saturated carbocycles. The number of aryl methyl sites for hydroxylation is 1. The van der Waals surface area contributed by atoms with Crippen LogP contribution in [0.1, 0.15) is 5.56 Å². The highest BCUT2D eigenvalue weighted by molar-refractivity contribution is 6.29. The van der Waals surface area contributed by atoms with Crippen LogP contribution in [-0.4, -0.2) is 16.1 Å². The number of phenolic OH excluding ortho intramolecular Hbond substituents is 1. The first kappa shape index (κ1) is 13.2. The van der Waals surface area contributed by atoms with Crippen molar-refractivity contribution in [3.8, 4) is 5.75 Å². The third-order valence-electron chi connectivity index (χ3n) is 2.44. The highest BCUT2D eigenvalue weighted by atomic mass is 35.5. The number of urea groups is 1. The van der Waals surface area contributed by atoms with Crippen LogP contribution < -0.4 is 10.6 Å². The SMILES string of the molecule is Cc1cc(NC(=O)Nc2ccnc(Cl)c2)ccc1O. The smallest absolute Gasteiger partial charge is 0.323 e. The molecule has 0 radical (unpaired) electrons. The summed E-state index contributed by atoms with van der Waals surface area (Å²) >= 11 is 5.72.